The van der Waals surface area contributed by atoms with E-state index in [0.29, 0.717) is 19.0 Å². The van der Waals surface area contributed by atoms with E-state index in [-0.39, 0.29) is 21.9 Å². The van der Waals surface area contributed by atoms with Gasteiger partial charge in [0.25, 0.3) is 15.0 Å². The summed E-state index contributed by atoms with van der Waals surface area (Å²) < 4.78 is 36.8. The number of carbonyl (C=O) groups excluding carboxylic acids is 1. The minimum atomic E-state index is -4.09. The highest BCUT2D eigenvalue weighted by Crippen LogP contribution is 2.26. The van der Waals surface area contributed by atoms with Crippen LogP contribution >= 0.6 is 10.7 Å². The minimum Gasteiger partial charge on any atom is -0.338 e. The maximum absolute atomic E-state index is 13.9. The summed E-state index contributed by atoms with van der Waals surface area (Å²) in [5, 5.41) is 0. The smallest absolute Gasteiger partial charge is 0.261 e. The Bertz CT molecular complexity index is 675. The molecular formula is C14H17ClFNO3S. The second-order valence-corrected chi connectivity index (χ2v) is 7.87. The zero-order valence-electron chi connectivity index (χ0n) is 11.9. The molecule has 2 rings (SSSR count). The van der Waals surface area contributed by atoms with Crippen molar-refractivity contribution in [2.45, 2.75) is 31.6 Å². The van der Waals surface area contributed by atoms with Gasteiger partial charge in [-0.3, -0.25) is 4.79 Å². The predicted molar refractivity (Wildman–Crippen MR) is 78.5 cm³/mol. The number of likely N-dealkylation sites (tertiary alicyclic amines) is 1. The first-order valence-electron chi connectivity index (χ1n) is 6.78. The zero-order chi connectivity index (χ0) is 15.8. The largest absolute Gasteiger partial charge is 0.338 e. The molecule has 0 aliphatic carbocycles. The molecule has 1 heterocycles. The molecule has 1 aliphatic rings. The fraction of sp³-hybridized carbons (Fsp3) is 0.500. The van der Waals surface area contributed by atoms with Gasteiger partial charge in [0.2, 0.25) is 0 Å². The summed E-state index contributed by atoms with van der Waals surface area (Å²) in [6.07, 6.45) is 1.89. The Balaban J connectivity index is 2.37. The van der Waals surface area contributed by atoms with E-state index in [4.69, 9.17) is 10.7 Å². The Labute approximate surface area is 128 Å². The Kier molecular flexibility index (Phi) is 4.58. The average Bonchev–Trinajstić information content (AvgIpc) is 2.88. The third-order valence-electron chi connectivity index (χ3n) is 3.96. The van der Waals surface area contributed by atoms with Crippen LogP contribution in [0, 0.1) is 18.7 Å². The van der Waals surface area contributed by atoms with Gasteiger partial charge in [-0.05, 0) is 31.4 Å². The van der Waals surface area contributed by atoms with Crippen LogP contribution in [0.4, 0.5) is 4.39 Å². The van der Waals surface area contributed by atoms with Gasteiger partial charge >= 0.3 is 0 Å². The fourth-order valence-corrected chi connectivity index (χ4v) is 3.78. The Hall–Kier alpha value is -1.14. The normalized spacial score (nSPS) is 19.0. The summed E-state index contributed by atoms with van der Waals surface area (Å²) in [5.41, 5.74) is -0.0523. The van der Waals surface area contributed by atoms with Crippen molar-refractivity contribution in [3.63, 3.8) is 0 Å². The first kappa shape index (κ1) is 16.2. The lowest BCUT2D eigenvalue weighted by Gasteiger charge is -2.17. The van der Waals surface area contributed by atoms with Crippen molar-refractivity contribution in [3.05, 3.63) is 29.1 Å². The first-order valence-corrected chi connectivity index (χ1v) is 9.09. The number of hydrogen-bond donors (Lipinski definition) is 0. The maximum Gasteiger partial charge on any atom is 0.261 e. The first-order chi connectivity index (χ1) is 9.74. The van der Waals surface area contributed by atoms with Gasteiger partial charge in [-0.2, -0.15) is 0 Å². The number of rotatable bonds is 3. The van der Waals surface area contributed by atoms with Gasteiger partial charge in [0.05, 0.1) is 4.90 Å². The van der Waals surface area contributed by atoms with Crippen molar-refractivity contribution >= 4 is 25.6 Å². The van der Waals surface area contributed by atoms with Gasteiger partial charge in [0, 0.05) is 34.9 Å². The van der Waals surface area contributed by atoms with E-state index in [1.807, 2.05) is 0 Å². The third-order valence-corrected chi connectivity index (χ3v) is 5.40. The van der Waals surface area contributed by atoms with Crippen LogP contribution in [-0.4, -0.2) is 32.3 Å². The Morgan fingerprint density at radius 3 is 2.67 bits per heavy atom. The summed E-state index contributed by atoms with van der Waals surface area (Å²) in [7, 11) is 1.21. The molecule has 1 aromatic carbocycles. The molecule has 1 aliphatic heterocycles. The van der Waals surface area contributed by atoms with E-state index in [0.717, 1.165) is 25.0 Å². The SMILES string of the molecule is CCC1CCN(C(=O)c2cc(F)c(C)c(S(=O)(=O)Cl)c2)C1. The van der Waals surface area contributed by atoms with E-state index in [2.05, 4.69) is 6.92 Å². The lowest BCUT2D eigenvalue weighted by atomic mass is 10.1. The highest BCUT2D eigenvalue weighted by atomic mass is 35.7. The molecule has 0 aromatic heterocycles. The zero-order valence-corrected chi connectivity index (χ0v) is 13.5. The lowest BCUT2D eigenvalue weighted by molar-refractivity contribution is 0.0786. The summed E-state index contributed by atoms with van der Waals surface area (Å²) in [6, 6.07) is 2.23. The molecule has 0 N–H and O–H groups in total. The summed E-state index contributed by atoms with van der Waals surface area (Å²) in [6.45, 7) is 4.60. The number of hydrogen-bond acceptors (Lipinski definition) is 3. The van der Waals surface area contributed by atoms with Crippen LogP contribution in [0.2, 0.25) is 0 Å². The van der Waals surface area contributed by atoms with E-state index in [1.54, 1.807) is 4.90 Å². The molecule has 0 bridgehead atoms. The van der Waals surface area contributed by atoms with Crippen LogP contribution < -0.4 is 0 Å². The summed E-state index contributed by atoms with van der Waals surface area (Å²) in [5.74, 6) is -0.654. The van der Waals surface area contributed by atoms with Crippen LogP contribution in [0.25, 0.3) is 0 Å². The number of amides is 1. The topological polar surface area (TPSA) is 54.5 Å². The number of halogens is 2. The molecule has 0 saturated carbocycles. The van der Waals surface area contributed by atoms with E-state index in [1.165, 1.54) is 6.92 Å². The molecule has 1 amide bonds. The highest BCUT2D eigenvalue weighted by molar-refractivity contribution is 8.13. The second kappa shape index (κ2) is 5.93. The Morgan fingerprint density at radius 2 is 2.14 bits per heavy atom. The van der Waals surface area contributed by atoms with E-state index >= 15 is 0 Å². The molecule has 21 heavy (non-hydrogen) atoms. The predicted octanol–water partition coefficient (Wildman–Crippen LogP) is 2.93. The number of carbonyl (C=O) groups is 1. The summed E-state index contributed by atoms with van der Waals surface area (Å²) in [4.78, 5) is 13.7. The lowest BCUT2D eigenvalue weighted by Crippen LogP contribution is -2.29. The molecule has 1 aromatic rings. The van der Waals surface area contributed by atoms with E-state index in [9.17, 15) is 17.6 Å². The van der Waals surface area contributed by atoms with Gasteiger partial charge < -0.3 is 4.90 Å². The van der Waals surface area contributed by atoms with Gasteiger partial charge in [0.1, 0.15) is 5.82 Å². The number of nitrogens with zero attached hydrogens (tertiary/aromatic N) is 1. The number of benzene rings is 1. The van der Waals surface area contributed by atoms with Crippen LogP contribution in [0.5, 0.6) is 0 Å². The monoisotopic (exact) mass is 333 g/mol. The van der Waals surface area contributed by atoms with E-state index < -0.39 is 14.9 Å². The van der Waals surface area contributed by atoms with Crippen molar-refractivity contribution in [1.82, 2.24) is 4.90 Å². The van der Waals surface area contributed by atoms with Crippen LogP contribution in [0.15, 0.2) is 17.0 Å². The molecule has 1 atom stereocenters. The van der Waals surface area contributed by atoms with Crippen LogP contribution in [0.3, 0.4) is 0 Å². The minimum absolute atomic E-state index is 0.0223. The second-order valence-electron chi connectivity index (χ2n) is 5.33. The molecule has 7 heteroatoms. The molecular weight excluding hydrogens is 317 g/mol. The van der Waals surface area contributed by atoms with Gasteiger partial charge in [-0.1, -0.05) is 13.3 Å². The van der Waals surface area contributed by atoms with Crippen molar-refractivity contribution in [2.75, 3.05) is 13.1 Å². The molecule has 1 saturated heterocycles. The van der Waals surface area contributed by atoms with Crippen molar-refractivity contribution < 1.29 is 17.6 Å². The van der Waals surface area contributed by atoms with Gasteiger partial charge in [-0.25, -0.2) is 12.8 Å². The quantitative estimate of drug-likeness (QED) is 0.799. The molecule has 4 nitrogen and oxygen atoms in total. The Morgan fingerprint density at radius 1 is 1.48 bits per heavy atom. The molecule has 0 spiro atoms. The molecule has 1 unspecified atom stereocenters. The van der Waals surface area contributed by atoms with Crippen molar-refractivity contribution in [3.8, 4) is 0 Å². The average molecular weight is 334 g/mol. The third kappa shape index (κ3) is 3.37. The fourth-order valence-electron chi connectivity index (χ4n) is 2.56. The molecule has 1 fully saturated rings. The van der Waals surface area contributed by atoms with Crippen molar-refractivity contribution in [2.24, 2.45) is 5.92 Å². The maximum atomic E-state index is 13.9. The summed E-state index contributed by atoms with van der Waals surface area (Å²) >= 11 is 0. The molecule has 0 radical (unpaired) electrons. The van der Waals surface area contributed by atoms with Gasteiger partial charge in [0.15, 0.2) is 0 Å². The van der Waals surface area contributed by atoms with Crippen molar-refractivity contribution in [1.29, 1.82) is 0 Å². The van der Waals surface area contributed by atoms with Crippen LogP contribution in [0.1, 0.15) is 35.7 Å². The standard InChI is InChI=1S/C14H17ClFNO3S/c1-3-10-4-5-17(8-10)14(18)11-6-12(16)9(2)13(7-11)21(15,19)20/h6-7,10H,3-5,8H2,1-2H3. The highest BCUT2D eigenvalue weighted by Gasteiger charge is 2.28. The molecule has 116 valence electrons. The van der Waals surface area contributed by atoms with Gasteiger partial charge in [-0.15, -0.1) is 0 Å². The van der Waals surface area contributed by atoms with Crippen LogP contribution in [-0.2, 0) is 9.05 Å².